The molecule has 3 aromatic carbocycles. The number of ether oxygens (including phenoxy) is 1. The van der Waals surface area contributed by atoms with Crippen molar-refractivity contribution in [3.8, 4) is 5.75 Å². The number of aryl methyl sites for hydroxylation is 1. The van der Waals surface area contributed by atoms with Crippen LogP contribution in [0.5, 0.6) is 5.75 Å². The molecule has 0 atom stereocenters. The van der Waals surface area contributed by atoms with Crippen molar-refractivity contribution in [1.29, 1.82) is 0 Å². The van der Waals surface area contributed by atoms with Crippen LogP contribution in [0, 0.1) is 6.92 Å². The monoisotopic (exact) mass is 471 g/mol. The Labute approximate surface area is 202 Å². The van der Waals surface area contributed by atoms with E-state index >= 15 is 0 Å². The zero-order valence-corrected chi connectivity index (χ0v) is 19.8. The van der Waals surface area contributed by atoms with E-state index in [0.29, 0.717) is 49.7 Å². The topological polar surface area (TPSA) is 62.7 Å². The molecule has 34 heavy (non-hydrogen) atoms. The van der Waals surface area contributed by atoms with Crippen molar-refractivity contribution in [3.63, 3.8) is 0 Å². The zero-order valence-electron chi connectivity index (χ0n) is 18.9. The number of hydrogen-bond donors (Lipinski definition) is 0. The van der Waals surface area contributed by atoms with Gasteiger partial charge >= 0.3 is 0 Å². The zero-order chi connectivity index (χ0) is 23.5. The Morgan fingerprint density at radius 3 is 2.38 bits per heavy atom. The van der Waals surface area contributed by atoms with Crippen LogP contribution in [0.4, 0.5) is 0 Å². The van der Waals surface area contributed by atoms with E-state index in [1.165, 1.54) is 0 Å². The van der Waals surface area contributed by atoms with E-state index in [1.54, 1.807) is 28.4 Å². The van der Waals surface area contributed by atoms with E-state index in [2.05, 4.69) is 4.98 Å². The van der Waals surface area contributed by atoms with Crippen LogP contribution in [0.1, 0.15) is 31.4 Å². The quantitative estimate of drug-likeness (QED) is 0.420. The number of thiazole rings is 1. The molecule has 1 aromatic heterocycles. The fourth-order valence-electron chi connectivity index (χ4n) is 4.23. The normalized spacial score (nSPS) is 13.8. The van der Waals surface area contributed by atoms with Gasteiger partial charge in [0.05, 0.1) is 10.7 Å². The maximum Gasteiger partial charge on any atom is 0.254 e. The fourth-order valence-corrected chi connectivity index (χ4v) is 4.83. The number of aromatic nitrogens is 1. The second-order valence-electron chi connectivity index (χ2n) is 8.29. The summed E-state index contributed by atoms with van der Waals surface area (Å²) in [7, 11) is 0. The van der Waals surface area contributed by atoms with E-state index in [0.717, 1.165) is 21.5 Å². The third kappa shape index (κ3) is 4.65. The predicted molar refractivity (Wildman–Crippen MR) is 133 cm³/mol. The van der Waals surface area contributed by atoms with Crippen LogP contribution in [0.2, 0.25) is 0 Å². The number of fused-ring (bicyclic) bond motifs is 1. The van der Waals surface area contributed by atoms with Crippen LogP contribution in [-0.2, 0) is 6.61 Å². The number of hydrogen-bond acceptors (Lipinski definition) is 5. The minimum atomic E-state index is -0.0489. The Hall–Kier alpha value is -3.71. The van der Waals surface area contributed by atoms with Crippen LogP contribution in [0.15, 0.2) is 72.1 Å². The van der Waals surface area contributed by atoms with Gasteiger partial charge in [0.25, 0.3) is 11.8 Å². The molecule has 7 heteroatoms. The summed E-state index contributed by atoms with van der Waals surface area (Å²) in [4.78, 5) is 34.3. The van der Waals surface area contributed by atoms with Crippen LogP contribution < -0.4 is 4.74 Å². The predicted octanol–water partition coefficient (Wildman–Crippen LogP) is 4.78. The molecule has 0 radical (unpaired) electrons. The number of benzene rings is 3. The molecule has 172 valence electrons. The standard InChI is InChI=1S/C27H25N3O3S/c1-19-28-22(18-34-19)17-33-23-9-4-8-21(16-23)26(31)29-12-14-30(15-13-29)27(32)25-11-5-7-20-6-2-3-10-24(20)25/h2-11,16,18H,12-15,17H2,1H3. The average Bonchev–Trinajstić information content (AvgIpc) is 3.31. The summed E-state index contributed by atoms with van der Waals surface area (Å²) in [6, 6.07) is 21.0. The van der Waals surface area contributed by atoms with Crippen molar-refractivity contribution in [2.75, 3.05) is 26.2 Å². The molecule has 2 heterocycles. The molecule has 0 unspecified atom stereocenters. The molecule has 0 N–H and O–H groups in total. The molecule has 2 amide bonds. The lowest BCUT2D eigenvalue weighted by atomic mass is 10.0. The highest BCUT2D eigenvalue weighted by Gasteiger charge is 2.26. The lowest BCUT2D eigenvalue weighted by Gasteiger charge is -2.35. The molecular weight excluding hydrogens is 446 g/mol. The molecule has 1 aliphatic heterocycles. The number of carbonyl (C=O) groups is 2. The summed E-state index contributed by atoms with van der Waals surface area (Å²) < 4.78 is 5.84. The summed E-state index contributed by atoms with van der Waals surface area (Å²) in [6.07, 6.45) is 0. The first-order valence-corrected chi connectivity index (χ1v) is 12.2. The Kier molecular flexibility index (Phi) is 6.27. The Morgan fingerprint density at radius 2 is 1.62 bits per heavy atom. The molecule has 1 fully saturated rings. The van der Waals surface area contributed by atoms with Crippen LogP contribution in [0.3, 0.4) is 0 Å². The van der Waals surface area contributed by atoms with Gasteiger partial charge in [0, 0.05) is 42.7 Å². The third-order valence-electron chi connectivity index (χ3n) is 6.01. The van der Waals surface area contributed by atoms with Crippen molar-refractivity contribution >= 4 is 33.9 Å². The van der Waals surface area contributed by atoms with E-state index in [-0.39, 0.29) is 11.8 Å². The molecule has 1 aliphatic rings. The Morgan fingerprint density at radius 1 is 0.912 bits per heavy atom. The number of rotatable bonds is 5. The largest absolute Gasteiger partial charge is 0.487 e. The van der Waals surface area contributed by atoms with Gasteiger partial charge < -0.3 is 14.5 Å². The van der Waals surface area contributed by atoms with Gasteiger partial charge in [-0.2, -0.15) is 0 Å². The molecule has 6 nitrogen and oxygen atoms in total. The average molecular weight is 472 g/mol. The summed E-state index contributed by atoms with van der Waals surface area (Å²) in [6.45, 7) is 4.34. The van der Waals surface area contributed by atoms with Crippen molar-refractivity contribution in [2.24, 2.45) is 0 Å². The van der Waals surface area contributed by atoms with Gasteiger partial charge in [0.1, 0.15) is 12.4 Å². The van der Waals surface area contributed by atoms with E-state index in [1.807, 2.05) is 71.8 Å². The van der Waals surface area contributed by atoms with Crippen molar-refractivity contribution in [2.45, 2.75) is 13.5 Å². The number of nitrogens with zero attached hydrogens (tertiary/aromatic N) is 3. The van der Waals surface area contributed by atoms with E-state index in [9.17, 15) is 9.59 Å². The van der Waals surface area contributed by atoms with Crippen molar-refractivity contribution < 1.29 is 14.3 Å². The van der Waals surface area contributed by atoms with Crippen LogP contribution in [-0.4, -0.2) is 52.8 Å². The highest BCUT2D eigenvalue weighted by Crippen LogP contribution is 2.22. The number of carbonyl (C=O) groups excluding carboxylic acids is 2. The first-order chi connectivity index (χ1) is 16.6. The van der Waals surface area contributed by atoms with E-state index < -0.39 is 0 Å². The minimum Gasteiger partial charge on any atom is -0.487 e. The van der Waals surface area contributed by atoms with Crippen LogP contribution >= 0.6 is 11.3 Å². The molecule has 5 rings (SSSR count). The third-order valence-corrected chi connectivity index (χ3v) is 6.83. The lowest BCUT2D eigenvalue weighted by Crippen LogP contribution is -2.50. The molecule has 0 aliphatic carbocycles. The first kappa shape index (κ1) is 22.1. The van der Waals surface area contributed by atoms with Crippen molar-refractivity contribution in [3.05, 3.63) is 93.9 Å². The van der Waals surface area contributed by atoms with Crippen molar-refractivity contribution in [1.82, 2.24) is 14.8 Å². The summed E-state index contributed by atoms with van der Waals surface area (Å²) >= 11 is 1.59. The molecule has 0 bridgehead atoms. The van der Waals surface area contributed by atoms with Gasteiger partial charge in [-0.3, -0.25) is 9.59 Å². The first-order valence-electron chi connectivity index (χ1n) is 11.3. The lowest BCUT2D eigenvalue weighted by molar-refractivity contribution is 0.0536. The Bertz CT molecular complexity index is 1340. The summed E-state index contributed by atoms with van der Waals surface area (Å²) in [5.74, 6) is 0.602. The molecule has 0 spiro atoms. The Balaban J connectivity index is 1.21. The molecule has 4 aromatic rings. The van der Waals surface area contributed by atoms with Gasteiger partial charge in [-0.05, 0) is 42.0 Å². The highest BCUT2D eigenvalue weighted by molar-refractivity contribution is 7.09. The second-order valence-corrected chi connectivity index (χ2v) is 9.35. The molecular formula is C27H25N3O3S. The maximum absolute atomic E-state index is 13.2. The van der Waals surface area contributed by atoms with Gasteiger partial charge in [-0.25, -0.2) is 4.98 Å². The SMILES string of the molecule is Cc1nc(COc2cccc(C(=O)N3CCN(C(=O)c4cccc5ccccc45)CC3)c2)cs1. The smallest absolute Gasteiger partial charge is 0.254 e. The highest BCUT2D eigenvalue weighted by atomic mass is 32.1. The maximum atomic E-state index is 13.2. The number of amides is 2. The van der Waals surface area contributed by atoms with E-state index in [4.69, 9.17) is 4.74 Å². The van der Waals surface area contributed by atoms with Gasteiger partial charge in [0.15, 0.2) is 0 Å². The molecule has 0 saturated carbocycles. The van der Waals surface area contributed by atoms with Gasteiger partial charge in [0.2, 0.25) is 0 Å². The molecule has 1 saturated heterocycles. The second kappa shape index (κ2) is 9.65. The number of piperazine rings is 1. The summed E-state index contributed by atoms with van der Waals surface area (Å²) in [5, 5.41) is 4.98. The minimum absolute atomic E-state index is 0.0107. The van der Waals surface area contributed by atoms with Gasteiger partial charge in [-0.1, -0.05) is 42.5 Å². The summed E-state index contributed by atoms with van der Waals surface area (Å²) in [5.41, 5.74) is 2.17. The van der Waals surface area contributed by atoms with Gasteiger partial charge in [-0.15, -0.1) is 11.3 Å². The van der Waals surface area contributed by atoms with Crippen LogP contribution in [0.25, 0.3) is 10.8 Å². The fraction of sp³-hybridized carbons (Fsp3) is 0.222.